The molecule has 1 aromatic heterocycles. The molecule has 2 N–H and O–H groups in total. The number of hydrogen-bond acceptors (Lipinski definition) is 3. The lowest BCUT2D eigenvalue weighted by Crippen LogP contribution is -2.44. The summed E-state index contributed by atoms with van der Waals surface area (Å²) in [5, 5.41) is 17.4. The molecule has 1 aliphatic rings. The third kappa shape index (κ3) is 5.81. The summed E-state index contributed by atoms with van der Waals surface area (Å²) < 4.78 is 53.5. The number of halogens is 5. The van der Waals surface area contributed by atoms with Crippen molar-refractivity contribution < 1.29 is 27.5 Å². The van der Waals surface area contributed by atoms with Crippen molar-refractivity contribution in [2.45, 2.75) is 70.2 Å². The lowest BCUT2D eigenvalue weighted by molar-refractivity contribution is -0.134. The highest BCUT2D eigenvalue weighted by atomic mass is 35.5. The van der Waals surface area contributed by atoms with Gasteiger partial charge < -0.3 is 10.4 Å². The van der Waals surface area contributed by atoms with E-state index in [9.17, 15) is 27.5 Å². The van der Waals surface area contributed by atoms with Gasteiger partial charge in [-0.3, -0.25) is 9.48 Å². The number of rotatable bonds is 7. The molecular formula is C22H26ClF4N3O2. The molecule has 0 atom stereocenters. The van der Waals surface area contributed by atoms with Crippen LogP contribution in [-0.4, -0.2) is 39.1 Å². The van der Waals surface area contributed by atoms with E-state index < -0.39 is 29.9 Å². The Hall–Kier alpha value is -2.13. The zero-order valence-corrected chi connectivity index (χ0v) is 18.5. The summed E-state index contributed by atoms with van der Waals surface area (Å²) in [4.78, 5) is 12.7. The molecule has 1 aliphatic carbocycles. The minimum Gasteiger partial charge on any atom is -0.388 e. The van der Waals surface area contributed by atoms with E-state index in [1.165, 1.54) is 16.8 Å². The van der Waals surface area contributed by atoms with Gasteiger partial charge in [-0.25, -0.2) is 4.39 Å². The molecule has 2 aromatic rings. The summed E-state index contributed by atoms with van der Waals surface area (Å²) in [6.07, 6.45) is -1.68. The van der Waals surface area contributed by atoms with Crippen LogP contribution < -0.4 is 5.32 Å². The van der Waals surface area contributed by atoms with E-state index in [0.717, 1.165) is 25.3 Å². The highest BCUT2D eigenvalue weighted by Crippen LogP contribution is 2.34. The molecule has 0 radical (unpaired) electrons. The van der Waals surface area contributed by atoms with Gasteiger partial charge >= 0.3 is 6.18 Å². The van der Waals surface area contributed by atoms with Crippen molar-refractivity contribution in [2.24, 2.45) is 0 Å². The number of benzene rings is 1. The zero-order chi connectivity index (χ0) is 23.5. The Morgan fingerprint density at radius 2 is 1.97 bits per heavy atom. The van der Waals surface area contributed by atoms with Gasteiger partial charge in [0.05, 0.1) is 16.3 Å². The van der Waals surface area contributed by atoms with Crippen LogP contribution in [0.2, 0.25) is 5.02 Å². The number of carbonyl (C=O) groups is 1. The van der Waals surface area contributed by atoms with Crippen LogP contribution in [0.5, 0.6) is 0 Å². The van der Waals surface area contributed by atoms with Crippen LogP contribution in [0.3, 0.4) is 0 Å². The Morgan fingerprint density at radius 3 is 2.56 bits per heavy atom. The van der Waals surface area contributed by atoms with E-state index in [-0.39, 0.29) is 40.5 Å². The molecule has 5 nitrogen and oxygen atoms in total. The zero-order valence-electron chi connectivity index (χ0n) is 17.7. The lowest BCUT2D eigenvalue weighted by atomic mass is 9.85. The van der Waals surface area contributed by atoms with Crippen molar-refractivity contribution in [3.8, 4) is 11.3 Å². The maximum atomic E-state index is 14.8. The first kappa shape index (κ1) is 24.5. The van der Waals surface area contributed by atoms with E-state index in [2.05, 4.69) is 10.4 Å². The number of amides is 1. The maximum Gasteiger partial charge on any atom is 0.389 e. The Labute approximate surface area is 188 Å². The molecule has 1 fully saturated rings. The van der Waals surface area contributed by atoms with E-state index in [0.29, 0.717) is 19.4 Å². The SMILES string of the molecule is CCn1nc(C(=O)NCC2(O)CCCCC2)c(Cl)c1-c1ccc(CCC(F)(F)F)cc1F. The second-order valence-electron chi connectivity index (χ2n) is 8.22. The number of nitrogens with one attached hydrogen (secondary N) is 1. The number of aryl methyl sites for hydroxylation is 2. The lowest BCUT2D eigenvalue weighted by Gasteiger charge is -2.31. The number of aromatic nitrogens is 2. The monoisotopic (exact) mass is 475 g/mol. The van der Waals surface area contributed by atoms with Gasteiger partial charge in [0, 0.05) is 25.1 Å². The Kier molecular flexibility index (Phi) is 7.50. The van der Waals surface area contributed by atoms with Gasteiger partial charge in [0.15, 0.2) is 5.69 Å². The van der Waals surface area contributed by atoms with Crippen LogP contribution in [0.15, 0.2) is 18.2 Å². The molecular weight excluding hydrogens is 450 g/mol. The van der Waals surface area contributed by atoms with Crippen molar-refractivity contribution >= 4 is 17.5 Å². The van der Waals surface area contributed by atoms with Crippen molar-refractivity contribution in [3.05, 3.63) is 40.3 Å². The first-order valence-electron chi connectivity index (χ1n) is 10.7. The van der Waals surface area contributed by atoms with Crippen molar-refractivity contribution in [3.63, 3.8) is 0 Å². The summed E-state index contributed by atoms with van der Waals surface area (Å²) in [7, 11) is 0. The molecule has 0 spiro atoms. The summed E-state index contributed by atoms with van der Waals surface area (Å²) >= 11 is 6.40. The molecule has 176 valence electrons. The molecule has 10 heteroatoms. The van der Waals surface area contributed by atoms with Crippen molar-refractivity contribution in [1.29, 1.82) is 0 Å². The van der Waals surface area contributed by atoms with E-state index in [4.69, 9.17) is 11.6 Å². The standard InChI is InChI=1S/C22H26ClF4N3O2/c1-2-30-19(15-7-6-14(12-16(15)24)8-11-22(25,26)27)17(23)18(29-30)20(31)28-13-21(32)9-4-3-5-10-21/h6-7,12,32H,2-5,8-11,13H2,1H3,(H,28,31). The smallest absolute Gasteiger partial charge is 0.388 e. The van der Waals surface area contributed by atoms with Crippen LogP contribution in [0.1, 0.15) is 61.5 Å². The second-order valence-corrected chi connectivity index (χ2v) is 8.60. The van der Waals surface area contributed by atoms with Crippen LogP contribution in [-0.2, 0) is 13.0 Å². The third-order valence-corrected chi connectivity index (χ3v) is 6.12. The number of nitrogens with zero attached hydrogens (tertiary/aromatic N) is 2. The highest BCUT2D eigenvalue weighted by Gasteiger charge is 2.31. The van der Waals surface area contributed by atoms with Gasteiger partial charge in [-0.05, 0) is 43.9 Å². The number of alkyl halides is 3. The van der Waals surface area contributed by atoms with Crippen LogP contribution >= 0.6 is 11.6 Å². The molecule has 1 aromatic carbocycles. The molecule has 0 unspecified atom stereocenters. The minimum absolute atomic E-state index is 0.0464. The molecule has 1 heterocycles. The predicted molar refractivity (Wildman–Crippen MR) is 113 cm³/mol. The average Bonchev–Trinajstić information content (AvgIpc) is 3.07. The van der Waals surface area contributed by atoms with Gasteiger partial charge in [-0.15, -0.1) is 0 Å². The van der Waals surface area contributed by atoms with Crippen LogP contribution in [0.25, 0.3) is 11.3 Å². The van der Waals surface area contributed by atoms with Gasteiger partial charge in [0.1, 0.15) is 5.82 Å². The fourth-order valence-corrected chi connectivity index (χ4v) is 4.30. The van der Waals surface area contributed by atoms with Crippen LogP contribution in [0.4, 0.5) is 17.6 Å². The van der Waals surface area contributed by atoms with E-state index in [1.807, 2.05) is 0 Å². The Balaban J connectivity index is 1.81. The Bertz CT molecular complexity index is 969. The van der Waals surface area contributed by atoms with E-state index >= 15 is 0 Å². The number of aliphatic hydroxyl groups is 1. The van der Waals surface area contributed by atoms with Crippen LogP contribution in [0, 0.1) is 5.82 Å². The first-order valence-corrected chi connectivity index (χ1v) is 11.0. The van der Waals surface area contributed by atoms with E-state index in [1.54, 1.807) is 6.92 Å². The Morgan fingerprint density at radius 1 is 1.28 bits per heavy atom. The summed E-state index contributed by atoms with van der Waals surface area (Å²) in [6.45, 7) is 2.11. The topological polar surface area (TPSA) is 67.2 Å². The fraction of sp³-hybridized carbons (Fsp3) is 0.545. The summed E-state index contributed by atoms with van der Waals surface area (Å²) in [5.74, 6) is -1.32. The summed E-state index contributed by atoms with van der Waals surface area (Å²) in [5.41, 5.74) is -0.625. The first-order chi connectivity index (χ1) is 15.0. The molecule has 0 aliphatic heterocycles. The third-order valence-electron chi connectivity index (χ3n) is 5.76. The minimum atomic E-state index is -4.33. The summed E-state index contributed by atoms with van der Waals surface area (Å²) in [6, 6.07) is 3.80. The predicted octanol–water partition coefficient (Wildman–Crippen LogP) is 5.28. The molecule has 1 saturated carbocycles. The quantitative estimate of drug-likeness (QED) is 0.535. The molecule has 3 rings (SSSR count). The largest absolute Gasteiger partial charge is 0.389 e. The van der Waals surface area contributed by atoms with Gasteiger partial charge in [-0.1, -0.05) is 36.9 Å². The van der Waals surface area contributed by atoms with Gasteiger partial charge in [0.25, 0.3) is 5.91 Å². The molecule has 1 amide bonds. The maximum absolute atomic E-state index is 14.8. The normalized spacial score (nSPS) is 16.2. The second kappa shape index (κ2) is 9.79. The van der Waals surface area contributed by atoms with Gasteiger partial charge in [-0.2, -0.15) is 18.3 Å². The number of carbonyl (C=O) groups excluding carboxylic acids is 1. The molecule has 0 saturated heterocycles. The molecule has 32 heavy (non-hydrogen) atoms. The van der Waals surface area contributed by atoms with Crippen molar-refractivity contribution in [2.75, 3.05) is 6.54 Å². The fourth-order valence-electron chi connectivity index (χ4n) is 3.98. The number of hydrogen-bond donors (Lipinski definition) is 2. The highest BCUT2D eigenvalue weighted by molar-refractivity contribution is 6.36. The average molecular weight is 476 g/mol. The van der Waals surface area contributed by atoms with Gasteiger partial charge in [0.2, 0.25) is 0 Å². The van der Waals surface area contributed by atoms with Crippen molar-refractivity contribution in [1.82, 2.24) is 15.1 Å². The molecule has 0 bridgehead atoms.